The number of carbonyl (C=O) groups excluding carboxylic acids is 1. The molecular weight excluding hydrogens is 348 g/mol. The van der Waals surface area contributed by atoms with Gasteiger partial charge < -0.3 is 19.8 Å². The lowest BCUT2D eigenvalue weighted by atomic mass is 9.86. The van der Waals surface area contributed by atoms with Gasteiger partial charge in [0.25, 0.3) is 0 Å². The van der Waals surface area contributed by atoms with Crippen molar-refractivity contribution < 1.29 is 24.5 Å². The molecule has 2 rings (SSSR count). The van der Waals surface area contributed by atoms with Crippen LogP contribution in [0.3, 0.4) is 0 Å². The maximum atomic E-state index is 13.2. The molecule has 27 heavy (non-hydrogen) atoms. The van der Waals surface area contributed by atoms with E-state index in [1.165, 1.54) is 0 Å². The van der Waals surface area contributed by atoms with E-state index < -0.39 is 17.4 Å². The number of nitrogens with zero attached hydrogens (tertiary/aromatic N) is 2. The Bertz CT molecular complexity index is 663. The summed E-state index contributed by atoms with van der Waals surface area (Å²) in [4.78, 5) is 28.8. The Hall–Kier alpha value is -2.12. The highest BCUT2D eigenvalue weighted by atomic mass is 16.5. The Balaban J connectivity index is 2.48. The average Bonchev–Trinajstić information content (AvgIpc) is 2.99. The van der Waals surface area contributed by atoms with Gasteiger partial charge in [0.1, 0.15) is 11.3 Å². The van der Waals surface area contributed by atoms with Crippen LogP contribution in [-0.2, 0) is 9.59 Å². The molecule has 0 bridgehead atoms. The van der Waals surface area contributed by atoms with Crippen molar-refractivity contribution in [2.45, 2.75) is 38.3 Å². The minimum absolute atomic E-state index is 0.115. The first-order chi connectivity index (χ1) is 12.9. The van der Waals surface area contributed by atoms with Gasteiger partial charge in [-0.2, -0.15) is 0 Å². The van der Waals surface area contributed by atoms with Crippen LogP contribution < -0.4 is 4.74 Å². The van der Waals surface area contributed by atoms with Crippen molar-refractivity contribution in [2.75, 3.05) is 33.9 Å². The second-order valence-electron chi connectivity index (χ2n) is 6.97. The lowest BCUT2D eigenvalue weighted by molar-refractivity contribution is -0.150. The summed E-state index contributed by atoms with van der Waals surface area (Å²) in [6.45, 7) is 4.30. The number of benzene rings is 1. The van der Waals surface area contributed by atoms with Gasteiger partial charge in [0, 0.05) is 19.1 Å². The number of ether oxygens (including phenoxy) is 1. The lowest BCUT2D eigenvalue weighted by Gasteiger charge is -2.34. The van der Waals surface area contributed by atoms with Gasteiger partial charge in [-0.3, -0.25) is 14.5 Å². The van der Waals surface area contributed by atoms with E-state index in [9.17, 15) is 19.8 Å². The van der Waals surface area contributed by atoms with E-state index in [1.807, 2.05) is 43.0 Å². The summed E-state index contributed by atoms with van der Waals surface area (Å²) in [7, 11) is 3.37. The smallest absolute Gasteiger partial charge is 0.324 e. The second kappa shape index (κ2) is 8.71. The van der Waals surface area contributed by atoms with Crippen molar-refractivity contribution in [1.82, 2.24) is 9.80 Å². The molecule has 1 aromatic carbocycles. The number of likely N-dealkylation sites (tertiary alicyclic amines) is 1. The minimum atomic E-state index is -1.09. The number of carbonyl (C=O) groups is 2. The molecule has 0 spiro atoms. The van der Waals surface area contributed by atoms with Crippen LogP contribution in [0.2, 0.25) is 0 Å². The number of hydrogen-bond donors (Lipinski definition) is 2. The summed E-state index contributed by atoms with van der Waals surface area (Å²) in [5, 5.41) is 19.2. The van der Waals surface area contributed by atoms with Crippen molar-refractivity contribution in [3.8, 4) is 5.75 Å². The fraction of sp³-hybridized carbons (Fsp3) is 0.600. The number of likely N-dealkylation sites (N-methyl/N-ethyl adjacent to an activating group) is 2. The third-order valence-electron chi connectivity index (χ3n) is 5.85. The first-order valence-electron chi connectivity index (χ1n) is 9.36. The van der Waals surface area contributed by atoms with Gasteiger partial charge in [-0.25, -0.2) is 0 Å². The summed E-state index contributed by atoms with van der Waals surface area (Å²) in [5.41, 5.74) is -0.211. The van der Waals surface area contributed by atoms with E-state index in [0.29, 0.717) is 18.7 Å². The topological polar surface area (TPSA) is 90.3 Å². The molecule has 7 heteroatoms. The van der Waals surface area contributed by atoms with Gasteiger partial charge >= 0.3 is 5.97 Å². The van der Waals surface area contributed by atoms with E-state index >= 15 is 0 Å². The van der Waals surface area contributed by atoms with E-state index in [-0.39, 0.29) is 31.5 Å². The molecule has 0 aromatic heterocycles. The Morgan fingerprint density at radius 2 is 1.93 bits per heavy atom. The fourth-order valence-electron chi connectivity index (χ4n) is 4.20. The zero-order chi connectivity index (χ0) is 20.2. The van der Waals surface area contributed by atoms with Crippen molar-refractivity contribution in [3.05, 3.63) is 29.8 Å². The maximum Gasteiger partial charge on any atom is 0.324 e. The molecule has 0 saturated carbocycles. The van der Waals surface area contributed by atoms with Crippen LogP contribution in [0.1, 0.15) is 38.3 Å². The highest BCUT2D eigenvalue weighted by Crippen LogP contribution is 2.48. The van der Waals surface area contributed by atoms with E-state index in [1.54, 1.807) is 19.1 Å². The SMILES string of the molecule is CCN(CCO)C(=O)[C@@H]1C[C@](CC)(C(=O)O)N(C)[C@@H]1c1ccc(OC)cc1. The zero-order valence-electron chi connectivity index (χ0n) is 16.5. The van der Waals surface area contributed by atoms with Gasteiger partial charge in [-0.05, 0) is 44.5 Å². The first kappa shape index (κ1) is 21.2. The predicted molar refractivity (Wildman–Crippen MR) is 102 cm³/mol. The predicted octanol–water partition coefficient (Wildman–Crippen LogP) is 1.76. The molecule has 1 amide bonds. The maximum absolute atomic E-state index is 13.2. The number of carboxylic acid groups (broad SMARTS) is 1. The molecule has 1 aliphatic rings. The number of aliphatic hydroxyl groups is 1. The molecule has 150 valence electrons. The van der Waals surface area contributed by atoms with Gasteiger partial charge in [0.05, 0.1) is 19.6 Å². The normalized spacial score (nSPS) is 25.4. The third-order valence-corrected chi connectivity index (χ3v) is 5.85. The van der Waals surface area contributed by atoms with E-state index in [2.05, 4.69) is 0 Å². The van der Waals surface area contributed by atoms with Crippen LogP contribution in [0, 0.1) is 5.92 Å². The third kappa shape index (κ3) is 3.80. The molecule has 2 N–H and O–H groups in total. The number of aliphatic carboxylic acids is 1. The average molecular weight is 378 g/mol. The molecule has 7 nitrogen and oxygen atoms in total. The molecule has 0 unspecified atom stereocenters. The van der Waals surface area contributed by atoms with Crippen LogP contribution in [0.5, 0.6) is 5.75 Å². The molecular formula is C20H30N2O5. The molecule has 1 aromatic rings. The first-order valence-corrected chi connectivity index (χ1v) is 9.36. The quantitative estimate of drug-likeness (QED) is 0.716. The van der Waals surface area contributed by atoms with E-state index in [0.717, 1.165) is 5.56 Å². The summed E-state index contributed by atoms with van der Waals surface area (Å²) < 4.78 is 5.21. The van der Waals surface area contributed by atoms with Gasteiger partial charge in [0.15, 0.2) is 0 Å². The number of methoxy groups -OCH3 is 1. The van der Waals surface area contributed by atoms with Gasteiger partial charge in [-0.15, -0.1) is 0 Å². The van der Waals surface area contributed by atoms with Gasteiger partial charge in [-0.1, -0.05) is 19.1 Å². The summed E-state index contributed by atoms with van der Waals surface area (Å²) >= 11 is 0. The van der Waals surface area contributed by atoms with Crippen LogP contribution in [0.4, 0.5) is 0 Å². The monoisotopic (exact) mass is 378 g/mol. The molecule has 1 saturated heterocycles. The molecule has 0 aliphatic carbocycles. The Labute approximate surface area is 160 Å². The largest absolute Gasteiger partial charge is 0.497 e. The number of carboxylic acids is 1. The van der Waals surface area contributed by atoms with Crippen LogP contribution in [0.15, 0.2) is 24.3 Å². The Kier molecular flexibility index (Phi) is 6.84. The van der Waals surface area contributed by atoms with Crippen LogP contribution in [0.25, 0.3) is 0 Å². The van der Waals surface area contributed by atoms with Crippen LogP contribution >= 0.6 is 0 Å². The van der Waals surface area contributed by atoms with Crippen molar-refractivity contribution in [3.63, 3.8) is 0 Å². The van der Waals surface area contributed by atoms with Crippen molar-refractivity contribution in [2.24, 2.45) is 5.92 Å². The highest BCUT2D eigenvalue weighted by Gasteiger charge is 2.56. The molecule has 1 aliphatic heterocycles. The number of amides is 1. The standard InChI is InChI=1S/C20H30N2O5/c1-5-20(19(25)26)13-16(18(24)22(6-2)11-12-23)17(21(20)3)14-7-9-15(27-4)10-8-14/h7-10,16-17,23H,5-6,11-13H2,1-4H3,(H,25,26)/t16-,17-,20-/m1/s1. The number of aliphatic hydroxyl groups excluding tert-OH is 1. The Morgan fingerprint density at radius 1 is 1.30 bits per heavy atom. The summed E-state index contributed by atoms with van der Waals surface area (Å²) in [6.07, 6.45) is 0.647. The summed E-state index contributed by atoms with van der Waals surface area (Å²) in [5.74, 6) is -0.814. The van der Waals surface area contributed by atoms with Gasteiger partial charge in [0.2, 0.25) is 5.91 Å². The van der Waals surface area contributed by atoms with E-state index in [4.69, 9.17) is 4.74 Å². The zero-order valence-corrected chi connectivity index (χ0v) is 16.5. The minimum Gasteiger partial charge on any atom is -0.497 e. The number of hydrogen-bond acceptors (Lipinski definition) is 5. The van der Waals surface area contributed by atoms with Crippen LogP contribution in [-0.4, -0.2) is 71.3 Å². The molecule has 1 heterocycles. The van der Waals surface area contributed by atoms with Crippen molar-refractivity contribution >= 4 is 11.9 Å². The highest BCUT2D eigenvalue weighted by molar-refractivity contribution is 5.85. The lowest BCUT2D eigenvalue weighted by Crippen LogP contribution is -2.48. The van der Waals surface area contributed by atoms with Crippen molar-refractivity contribution in [1.29, 1.82) is 0 Å². The molecule has 0 radical (unpaired) electrons. The number of rotatable bonds is 8. The second-order valence-corrected chi connectivity index (χ2v) is 6.97. The fourth-order valence-corrected chi connectivity index (χ4v) is 4.20. The molecule has 1 fully saturated rings. The molecule has 3 atom stereocenters. The summed E-state index contributed by atoms with van der Waals surface area (Å²) in [6, 6.07) is 7.06. The Morgan fingerprint density at radius 3 is 2.37 bits per heavy atom.